The standard InChI is InChI=1S/C26H23F4N7OS/c1-14-12-37(23-21-19(35(4)25(38)34-23)9-10-20(31-3)33-21)15(2)11-36(14)22(16-5-7-17(27)8-6-16)18-13-39-24(32-18)26(28,29)30/h5-10,13-15,22H,11-12H2,1-2,4H3/t14-,15+,22?/m1/s1. The number of piperazine rings is 1. The molecule has 202 valence electrons. The molecule has 8 nitrogen and oxygen atoms in total. The van der Waals surface area contributed by atoms with E-state index in [9.17, 15) is 22.4 Å². The molecule has 1 fully saturated rings. The normalized spacial score (nSPS) is 19.3. The number of aromatic nitrogens is 4. The number of halogens is 4. The Balaban J connectivity index is 1.55. The number of alkyl halides is 3. The first-order chi connectivity index (χ1) is 18.5. The highest BCUT2D eigenvalue weighted by molar-refractivity contribution is 7.09. The van der Waals surface area contributed by atoms with Crippen LogP contribution in [0.25, 0.3) is 15.9 Å². The van der Waals surface area contributed by atoms with Gasteiger partial charge in [-0.25, -0.2) is 14.2 Å². The Labute approximate surface area is 225 Å². The van der Waals surface area contributed by atoms with Gasteiger partial charge in [0, 0.05) is 37.6 Å². The second-order valence-electron chi connectivity index (χ2n) is 9.50. The molecular formula is C26H23F4N7OS. The first-order valence-electron chi connectivity index (χ1n) is 12.0. The number of hydrogen-bond acceptors (Lipinski definition) is 7. The molecule has 0 saturated carbocycles. The number of pyridine rings is 1. The predicted octanol–water partition coefficient (Wildman–Crippen LogP) is 5.18. The lowest BCUT2D eigenvalue weighted by atomic mass is 9.97. The van der Waals surface area contributed by atoms with E-state index >= 15 is 0 Å². The van der Waals surface area contributed by atoms with E-state index in [4.69, 9.17) is 6.57 Å². The van der Waals surface area contributed by atoms with Gasteiger partial charge in [0.2, 0.25) is 5.52 Å². The number of benzene rings is 1. The Morgan fingerprint density at radius 2 is 1.77 bits per heavy atom. The molecule has 0 bridgehead atoms. The highest BCUT2D eigenvalue weighted by Gasteiger charge is 2.40. The first-order valence-corrected chi connectivity index (χ1v) is 12.9. The fourth-order valence-corrected chi connectivity index (χ4v) is 5.69. The van der Waals surface area contributed by atoms with Crippen molar-refractivity contribution in [2.24, 2.45) is 7.05 Å². The van der Waals surface area contributed by atoms with Crippen LogP contribution in [0.15, 0.2) is 46.6 Å². The highest BCUT2D eigenvalue weighted by Crippen LogP contribution is 2.39. The summed E-state index contributed by atoms with van der Waals surface area (Å²) in [5.41, 5.74) is 1.33. The van der Waals surface area contributed by atoms with Crippen LogP contribution in [-0.2, 0) is 13.2 Å². The maximum absolute atomic E-state index is 13.7. The Morgan fingerprint density at radius 1 is 1.05 bits per heavy atom. The van der Waals surface area contributed by atoms with Crippen LogP contribution in [0.2, 0.25) is 0 Å². The van der Waals surface area contributed by atoms with Gasteiger partial charge in [-0.2, -0.15) is 18.2 Å². The third kappa shape index (κ3) is 4.97. The number of aryl methyl sites for hydroxylation is 1. The summed E-state index contributed by atoms with van der Waals surface area (Å²) >= 11 is 0.527. The lowest BCUT2D eigenvalue weighted by molar-refractivity contribution is -0.137. The van der Waals surface area contributed by atoms with Crippen molar-refractivity contribution >= 4 is 34.0 Å². The van der Waals surface area contributed by atoms with Gasteiger partial charge in [-0.05, 0) is 43.7 Å². The minimum absolute atomic E-state index is 0.170. The fraction of sp³-hybridized carbons (Fsp3) is 0.346. The molecule has 1 aliphatic heterocycles. The highest BCUT2D eigenvalue weighted by atomic mass is 32.1. The summed E-state index contributed by atoms with van der Waals surface area (Å²) in [5, 5.41) is 0.452. The lowest BCUT2D eigenvalue weighted by Crippen LogP contribution is -2.58. The summed E-state index contributed by atoms with van der Waals surface area (Å²) in [7, 11) is 1.58. The molecule has 3 aromatic heterocycles. The van der Waals surface area contributed by atoms with Crippen molar-refractivity contribution < 1.29 is 17.6 Å². The molecular weight excluding hydrogens is 534 g/mol. The summed E-state index contributed by atoms with van der Waals surface area (Å²) in [6.45, 7) is 11.9. The molecule has 1 aliphatic rings. The summed E-state index contributed by atoms with van der Waals surface area (Å²) in [5.74, 6) is 0.0701. The van der Waals surface area contributed by atoms with E-state index in [1.54, 1.807) is 31.3 Å². The number of fused-ring (bicyclic) bond motifs is 1. The molecule has 13 heteroatoms. The summed E-state index contributed by atoms with van der Waals surface area (Å²) < 4.78 is 55.3. The maximum Gasteiger partial charge on any atom is 0.443 e. The lowest BCUT2D eigenvalue weighted by Gasteiger charge is -2.47. The van der Waals surface area contributed by atoms with Crippen LogP contribution in [0.5, 0.6) is 0 Å². The molecule has 1 saturated heterocycles. The van der Waals surface area contributed by atoms with Crippen LogP contribution >= 0.6 is 11.3 Å². The fourth-order valence-electron chi connectivity index (χ4n) is 4.99. The van der Waals surface area contributed by atoms with Gasteiger partial charge in [-0.3, -0.25) is 9.47 Å². The van der Waals surface area contributed by atoms with E-state index in [-0.39, 0.29) is 23.6 Å². The molecule has 39 heavy (non-hydrogen) atoms. The molecule has 5 rings (SSSR count). The van der Waals surface area contributed by atoms with Crippen molar-refractivity contribution in [3.8, 4) is 0 Å². The number of nitrogens with zero attached hydrogens (tertiary/aromatic N) is 7. The molecule has 3 atom stereocenters. The second kappa shape index (κ2) is 10.0. The van der Waals surface area contributed by atoms with Gasteiger partial charge in [-0.15, -0.1) is 16.3 Å². The largest absolute Gasteiger partial charge is 0.443 e. The summed E-state index contributed by atoms with van der Waals surface area (Å²) in [4.78, 5) is 32.7. The molecule has 0 aliphatic carbocycles. The van der Waals surface area contributed by atoms with Crippen molar-refractivity contribution in [2.75, 3.05) is 18.0 Å². The molecule has 1 aromatic carbocycles. The number of thiazole rings is 1. The number of anilines is 1. The van der Waals surface area contributed by atoms with Gasteiger partial charge in [-0.1, -0.05) is 18.7 Å². The van der Waals surface area contributed by atoms with Gasteiger partial charge in [0.25, 0.3) is 5.82 Å². The van der Waals surface area contributed by atoms with Crippen LogP contribution in [0.4, 0.5) is 29.2 Å². The maximum atomic E-state index is 13.7. The predicted molar refractivity (Wildman–Crippen MR) is 139 cm³/mol. The molecule has 0 radical (unpaired) electrons. The van der Waals surface area contributed by atoms with E-state index < -0.39 is 28.7 Å². The Kier molecular flexibility index (Phi) is 6.86. The number of rotatable bonds is 4. The number of hydrogen-bond donors (Lipinski definition) is 0. The third-order valence-corrected chi connectivity index (χ3v) is 7.81. The zero-order chi connectivity index (χ0) is 28.1. The van der Waals surface area contributed by atoms with Crippen LogP contribution in [0.1, 0.15) is 36.2 Å². The monoisotopic (exact) mass is 557 g/mol. The zero-order valence-electron chi connectivity index (χ0n) is 21.1. The Hall–Kier alpha value is -3.89. The van der Waals surface area contributed by atoms with E-state index in [0.717, 1.165) is 0 Å². The molecule has 4 aromatic rings. The van der Waals surface area contributed by atoms with Gasteiger partial charge >= 0.3 is 11.9 Å². The van der Waals surface area contributed by atoms with Crippen molar-refractivity contribution in [2.45, 2.75) is 38.1 Å². The molecule has 1 unspecified atom stereocenters. The summed E-state index contributed by atoms with van der Waals surface area (Å²) in [6, 6.07) is 7.74. The van der Waals surface area contributed by atoms with Crippen molar-refractivity contribution in [3.63, 3.8) is 0 Å². The third-order valence-electron chi connectivity index (χ3n) is 6.90. The second-order valence-corrected chi connectivity index (χ2v) is 10.4. The van der Waals surface area contributed by atoms with Crippen molar-refractivity contribution in [3.05, 3.63) is 85.8 Å². The van der Waals surface area contributed by atoms with Gasteiger partial charge in [0.05, 0.1) is 17.3 Å². The smallest absolute Gasteiger partial charge is 0.361 e. The minimum Gasteiger partial charge on any atom is -0.361 e. The quantitative estimate of drug-likeness (QED) is 0.254. The zero-order valence-corrected chi connectivity index (χ0v) is 22.0. The van der Waals surface area contributed by atoms with Crippen molar-refractivity contribution in [1.29, 1.82) is 0 Å². The summed E-state index contributed by atoms with van der Waals surface area (Å²) in [6.07, 6.45) is -4.57. The van der Waals surface area contributed by atoms with E-state index in [1.807, 2.05) is 23.6 Å². The molecule has 0 spiro atoms. The molecule has 4 heterocycles. The van der Waals surface area contributed by atoms with Gasteiger partial charge < -0.3 is 9.74 Å². The van der Waals surface area contributed by atoms with Crippen LogP contribution in [0.3, 0.4) is 0 Å². The molecule has 0 N–H and O–H groups in total. The SMILES string of the molecule is [C-]#[N+]c1ccc2c(n1)c(N1C[C@@H](C)N(C(c3ccc(F)cc3)c3csc(C(F)(F)F)n3)C[C@@H]1C)nc(=O)n2C. The van der Waals surface area contributed by atoms with Gasteiger partial charge in [0.15, 0.2) is 10.8 Å². The van der Waals surface area contributed by atoms with Crippen LogP contribution in [0, 0.1) is 12.4 Å². The van der Waals surface area contributed by atoms with E-state index in [1.165, 1.54) is 22.1 Å². The van der Waals surface area contributed by atoms with Crippen molar-refractivity contribution in [1.82, 2.24) is 24.4 Å². The minimum atomic E-state index is -4.57. The topological polar surface area (TPSA) is 71.5 Å². The van der Waals surface area contributed by atoms with E-state index in [0.29, 0.717) is 46.8 Å². The van der Waals surface area contributed by atoms with Gasteiger partial charge in [0.1, 0.15) is 5.82 Å². The average Bonchev–Trinajstić information content (AvgIpc) is 3.40. The Bertz CT molecular complexity index is 1630. The van der Waals surface area contributed by atoms with Crippen LogP contribution in [-0.4, -0.2) is 49.6 Å². The van der Waals surface area contributed by atoms with Crippen LogP contribution < -0.4 is 10.6 Å². The average molecular weight is 558 g/mol. The Morgan fingerprint density at radius 3 is 2.41 bits per heavy atom. The first kappa shape index (κ1) is 26.7. The van der Waals surface area contributed by atoms with E-state index in [2.05, 4.69) is 19.8 Å². The molecule has 0 amide bonds.